The van der Waals surface area contributed by atoms with Gasteiger partial charge in [0.05, 0.1) is 22.8 Å². The number of nitrogens with one attached hydrogen (secondary N) is 1. The second-order valence-corrected chi connectivity index (χ2v) is 17.1. The fourth-order valence-electron chi connectivity index (χ4n) is 10.4. The standard InChI is InChI=1S/C62H41N3/c1-3-15-40(16-4-1)41-29-31-42(32-30-41)45-20-13-22-47(37-45)61-54-26-11-12-28-56(54)63-62(64-61)53-27-14-21-46-38-48(34-35-49(46)53)65-57-36-33-44-19-7-8-23-50(44)59(57)60-52-25-10-9-24-51(52)55(39-58(60)65)43-17-5-2-6-18-43/h1-39,61H,(H,63,64). The van der Waals surface area contributed by atoms with Crippen molar-refractivity contribution in [3.05, 3.63) is 253 Å². The maximum absolute atomic E-state index is 5.31. The Kier molecular flexibility index (Phi) is 8.60. The van der Waals surface area contributed by atoms with Crippen molar-refractivity contribution in [2.75, 3.05) is 0 Å². The fraction of sp³-hybridized carbons (Fsp3) is 0.0161. The summed E-state index contributed by atoms with van der Waals surface area (Å²) in [6.07, 6.45) is 0. The normalized spacial score (nSPS) is 13.6. The van der Waals surface area contributed by atoms with E-state index in [1.165, 1.54) is 82.3 Å². The van der Waals surface area contributed by atoms with Crippen LogP contribution in [0.15, 0.2) is 242 Å². The highest BCUT2D eigenvalue weighted by Crippen LogP contribution is 2.44. The van der Waals surface area contributed by atoms with E-state index in [1.54, 1.807) is 0 Å². The number of aliphatic imine (C=N–C) groups is 1. The Balaban J connectivity index is 0.936. The molecule has 12 aromatic rings. The average molecular weight is 828 g/mol. The van der Waals surface area contributed by atoms with Gasteiger partial charge in [-0.25, -0.2) is 4.99 Å². The summed E-state index contributed by atoms with van der Waals surface area (Å²) in [4.78, 5) is 5.31. The molecule has 1 aliphatic heterocycles. The molecule has 0 saturated carbocycles. The van der Waals surface area contributed by atoms with Crippen molar-refractivity contribution in [1.29, 1.82) is 0 Å². The number of hydrogen-bond acceptors (Lipinski definition) is 2. The summed E-state index contributed by atoms with van der Waals surface area (Å²) in [5, 5.41) is 13.8. The summed E-state index contributed by atoms with van der Waals surface area (Å²) in [5.41, 5.74) is 15.2. The molecule has 0 fully saturated rings. The zero-order chi connectivity index (χ0) is 42.8. The Labute approximate surface area is 377 Å². The number of aromatic nitrogens is 1. The third-order valence-electron chi connectivity index (χ3n) is 13.4. The van der Waals surface area contributed by atoms with Gasteiger partial charge in [-0.2, -0.15) is 0 Å². The van der Waals surface area contributed by atoms with Gasteiger partial charge in [0.2, 0.25) is 0 Å². The zero-order valence-electron chi connectivity index (χ0n) is 35.5. The monoisotopic (exact) mass is 827 g/mol. The second kappa shape index (κ2) is 15.1. The van der Waals surface area contributed by atoms with E-state index in [0.717, 1.165) is 39.1 Å². The SMILES string of the molecule is c1ccc(-c2ccc(-c3cccc(C4NC(c5cccc6cc(-n7c8ccc9ccccc9c8c8c9ccccc9c(-c9ccccc9)cc87)ccc56)=Nc5ccccc54)c3)cc2)cc1. The van der Waals surface area contributed by atoms with E-state index in [9.17, 15) is 0 Å². The molecule has 1 unspecified atom stereocenters. The summed E-state index contributed by atoms with van der Waals surface area (Å²) in [6, 6.07) is 85.9. The molecule has 0 saturated heterocycles. The highest BCUT2D eigenvalue weighted by atomic mass is 15.1. The lowest BCUT2D eigenvalue weighted by molar-refractivity contribution is 0.750. The van der Waals surface area contributed by atoms with Gasteiger partial charge in [0.25, 0.3) is 0 Å². The van der Waals surface area contributed by atoms with Crippen LogP contribution in [0.3, 0.4) is 0 Å². The predicted octanol–water partition coefficient (Wildman–Crippen LogP) is 16.0. The third-order valence-corrected chi connectivity index (χ3v) is 13.4. The molecule has 0 amide bonds. The Bertz CT molecular complexity index is 3840. The largest absolute Gasteiger partial charge is 0.359 e. The van der Waals surface area contributed by atoms with E-state index in [-0.39, 0.29) is 6.04 Å². The second-order valence-electron chi connectivity index (χ2n) is 17.1. The molecular formula is C62H41N3. The molecular weight excluding hydrogens is 787 g/mol. The molecule has 1 atom stereocenters. The highest BCUT2D eigenvalue weighted by molar-refractivity contribution is 6.30. The first kappa shape index (κ1) is 37.1. The first-order chi connectivity index (χ1) is 32.2. The van der Waals surface area contributed by atoms with Crippen LogP contribution in [0, 0.1) is 0 Å². The van der Waals surface area contributed by atoms with Gasteiger partial charge in [-0.3, -0.25) is 0 Å². The average Bonchev–Trinajstić information content (AvgIpc) is 3.73. The van der Waals surface area contributed by atoms with Crippen LogP contribution in [0.5, 0.6) is 0 Å². The quantitative estimate of drug-likeness (QED) is 0.178. The minimum Gasteiger partial charge on any atom is -0.359 e. The number of hydrogen-bond donors (Lipinski definition) is 1. The number of benzene rings is 11. The number of para-hydroxylation sites is 1. The van der Waals surface area contributed by atoms with Crippen LogP contribution < -0.4 is 5.32 Å². The molecule has 3 heteroatoms. The van der Waals surface area contributed by atoms with Crippen LogP contribution in [0.25, 0.3) is 93.2 Å². The number of nitrogens with zero attached hydrogens (tertiary/aromatic N) is 2. The van der Waals surface area contributed by atoms with E-state index >= 15 is 0 Å². The maximum Gasteiger partial charge on any atom is 0.135 e. The van der Waals surface area contributed by atoms with Crippen LogP contribution in [0.4, 0.5) is 5.69 Å². The Morgan fingerprint density at radius 1 is 0.369 bits per heavy atom. The number of amidine groups is 1. The highest BCUT2D eigenvalue weighted by Gasteiger charge is 2.26. The van der Waals surface area contributed by atoms with Gasteiger partial charge in [-0.15, -0.1) is 0 Å². The molecule has 0 bridgehead atoms. The van der Waals surface area contributed by atoms with Crippen LogP contribution in [-0.2, 0) is 0 Å². The Morgan fingerprint density at radius 2 is 1.00 bits per heavy atom. The van der Waals surface area contributed by atoms with Crippen LogP contribution in [0.2, 0.25) is 0 Å². The molecule has 0 spiro atoms. The molecule has 0 aliphatic carbocycles. The summed E-state index contributed by atoms with van der Waals surface area (Å²) < 4.78 is 2.48. The third kappa shape index (κ3) is 6.16. The van der Waals surface area contributed by atoms with Crippen molar-refractivity contribution in [2.24, 2.45) is 4.99 Å². The minimum absolute atomic E-state index is 0.0853. The van der Waals surface area contributed by atoms with E-state index < -0.39 is 0 Å². The van der Waals surface area contributed by atoms with Gasteiger partial charge < -0.3 is 9.88 Å². The summed E-state index contributed by atoms with van der Waals surface area (Å²) in [7, 11) is 0. The molecule has 11 aromatic carbocycles. The maximum atomic E-state index is 5.31. The van der Waals surface area contributed by atoms with Gasteiger partial charge in [-0.05, 0) is 108 Å². The molecule has 13 rings (SSSR count). The van der Waals surface area contributed by atoms with E-state index in [2.05, 4.69) is 246 Å². The van der Waals surface area contributed by atoms with Gasteiger partial charge in [0.15, 0.2) is 0 Å². The van der Waals surface area contributed by atoms with Crippen molar-refractivity contribution in [3.8, 4) is 39.1 Å². The van der Waals surface area contributed by atoms with Crippen molar-refractivity contribution < 1.29 is 0 Å². The van der Waals surface area contributed by atoms with E-state index in [0.29, 0.717) is 0 Å². The summed E-state index contributed by atoms with van der Waals surface area (Å²) in [5.74, 6) is 0.868. The first-order valence-corrected chi connectivity index (χ1v) is 22.4. The van der Waals surface area contributed by atoms with Crippen LogP contribution in [-0.4, -0.2) is 10.4 Å². The molecule has 304 valence electrons. The minimum atomic E-state index is -0.0853. The zero-order valence-corrected chi connectivity index (χ0v) is 35.5. The van der Waals surface area contributed by atoms with Crippen LogP contribution in [0.1, 0.15) is 22.7 Å². The van der Waals surface area contributed by atoms with Crippen molar-refractivity contribution in [2.45, 2.75) is 6.04 Å². The molecule has 3 nitrogen and oxygen atoms in total. The molecule has 2 heterocycles. The van der Waals surface area contributed by atoms with E-state index in [1.807, 2.05) is 0 Å². The predicted molar refractivity (Wildman–Crippen MR) is 274 cm³/mol. The van der Waals surface area contributed by atoms with Gasteiger partial charge in [0.1, 0.15) is 5.84 Å². The van der Waals surface area contributed by atoms with Crippen molar-refractivity contribution >= 4 is 65.6 Å². The molecule has 1 aliphatic rings. The number of rotatable bonds is 6. The number of fused-ring (bicyclic) bond motifs is 9. The fourth-order valence-corrected chi connectivity index (χ4v) is 10.4. The Morgan fingerprint density at radius 3 is 1.83 bits per heavy atom. The van der Waals surface area contributed by atoms with Gasteiger partial charge in [-0.1, -0.05) is 200 Å². The van der Waals surface area contributed by atoms with Crippen molar-refractivity contribution in [1.82, 2.24) is 9.88 Å². The van der Waals surface area contributed by atoms with Gasteiger partial charge in [0, 0.05) is 27.6 Å². The summed E-state index contributed by atoms with van der Waals surface area (Å²) in [6.45, 7) is 0. The smallest absolute Gasteiger partial charge is 0.135 e. The molecule has 65 heavy (non-hydrogen) atoms. The molecule has 1 N–H and O–H groups in total. The first-order valence-electron chi connectivity index (χ1n) is 22.4. The van der Waals surface area contributed by atoms with Crippen molar-refractivity contribution in [3.63, 3.8) is 0 Å². The topological polar surface area (TPSA) is 29.3 Å². The lowest BCUT2D eigenvalue weighted by Gasteiger charge is -2.28. The lowest BCUT2D eigenvalue weighted by Crippen LogP contribution is -2.33. The van der Waals surface area contributed by atoms with Gasteiger partial charge >= 0.3 is 0 Å². The van der Waals surface area contributed by atoms with E-state index in [4.69, 9.17) is 4.99 Å². The molecule has 1 aromatic heterocycles. The Hall–Kier alpha value is -8.53. The van der Waals surface area contributed by atoms with Crippen LogP contribution >= 0.6 is 0 Å². The lowest BCUT2D eigenvalue weighted by atomic mass is 9.91. The summed E-state index contributed by atoms with van der Waals surface area (Å²) >= 11 is 0. The molecule has 0 radical (unpaired) electrons.